The van der Waals surface area contributed by atoms with E-state index < -0.39 is 0 Å². The van der Waals surface area contributed by atoms with Crippen molar-refractivity contribution in [1.82, 2.24) is 9.78 Å². The van der Waals surface area contributed by atoms with Crippen molar-refractivity contribution in [1.29, 1.82) is 0 Å². The third kappa shape index (κ3) is 1.33. The Morgan fingerprint density at radius 1 is 1.40 bits per heavy atom. The lowest BCUT2D eigenvalue weighted by Crippen LogP contribution is -2.17. The number of carbonyl (C=O) groups is 1. The molecule has 2 unspecified atom stereocenters. The molecule has 2 fully saturated rings. The molecule has 1 aromatic heterocycles. The monoisotopic (exact) mass is 204 g/mol. The lowest BCUT2D eigenvalue weighted by atomic mass is 9.95. The molecule has 0 amide bonds. The van der Waals surface area contributed by atoms with Gasteiger partial charge in [-0.2, -0.15) is 5.10 Å². The van der Waals surface area contributed by atoms with Gasteiger partial charge in [0.25, 0.3) is 0 Å². The number of fused-ring (bicyclic) bond motifs is 1. The number of nitrogens with zero attached hydrogens (tertiary/aromatic N) is 2. The summed E-state index contributed by atoms with van der Waals surface area (Å²) < 4.78 is 1.72. The highest BCUT2D eigenvalue weighted by molar-refractivity contribution is 5.97. The maximum absolute atomic E-state index is 12.3. The highest BCUT2D eigenvalue weighted by atomic mass is 16.1. The molecular formula is C12H16N2O. The average molecular weight is 204 g/mol. The van der Waals surface area contributed by atoms with Gasteiger partial charge in [0.2, 0.25) is 0 Å². The van der Waals surface area contributed by atoms with E-state index in [2.05, 4.69) is 5.10 Å². The maximum atomic E-state index is 12.3. The molecule has 3 rings (SSSR count). The Bertz CT molecular complexity index is 392. The summed E-state index contributed by atoms with van der Waals surface area (Å²) in [6.45, 7) is 1.97. The molecular weight excluding hydrogens is 188 g/mol. The van der Waals surface area contributed by atoms with Gasteiger partial charge in [0.1, 0.15) is 5.69 Å². The molecule has 2 aliphatic rings. The van der Waals surface area contributed by atoms with Crippen molar-refractivity contribution in [3.05, 3.63) is 17.5 Å². The van der Waals surface area contributed by atoms with Gasteiger partial charge in [-0.25, -0.2) is 0 Å². The second-order valence-electron chi connectivity index (χ2n) is 5.09. The number of aryl methyl sites for hydroxylation is 2. The van der Waals surface area contributed by atoms with Gasteiger partial charge in [0.05, 0.1) is 6.20 Å². The fourth-order valence-electron chi connectivity index (χ4n) is 3.02. The third-order valence-corrected chi connectivity index (χ3v) is 3.97. The van der Waals surface area contributed by atoms with Gasteiger partial charge in [-0.1, -0.05) is 0 Å². The molecule has 0 N–H and O–H groups in total. The number of carbonyl (C=O) groups excluding carboxylic acids is 1. The number of hydrogen-bond acceptors (Lipinski definition) is 2. The summed E-state index contributed by atoms with van der Waals surface area (Å²) in [5, 5.41) is 4.13. The topological polar surface area (TPSA) is 34.9 Å². The van der Waals surface area contributed by atoms with E-state index in [1.165, 1.54) is 6.42 Å². The molecule has 2 saturated carbocycles. The number of ketones is 1. The molecule has 0 spiro atoms. The van der Waals surface area contributed by atoms with E-state index in [4.69, 9.17) is 0 Å². The molecule has 0 radical (unpaired) electrons. The van der Waals surface area contributed by atoms with Crippen molar-refractivity contribution in [2.24, 2.45) is 24.8 Å². The van der Waals surface area contributed by atoms with Gasteiger partial charge in [0.15, 0.2) is 5.78 Å². The maximum Gasteiger partial charge on any atom is 0.184 e. The Hall–Kier alpha value is -1.12. The van der Waals surface area contributed by atoms with Crippen LogP contribution in [0.1, 0.15) is 35.3 Å². The van der Waals surface area contributed by atoms with Crippen LogP contribution in [0.5, 0.6) is 0 Å². The van der Waals surface area contributed by atoms with Gasteiger partial charge >= 0.3 is 0 Å². The molecule has 15 heavy (non-hydrogen) atoms. The first-order chi connectivity index (χ1) is 7.16. The molecule has 2 aliphatic carbocycles. The number of Topliss-reactive ketones (excluding diaryl/α,β-unsaturated/α-hetero) is 1. The molecule has 0 aromatic carbocycles. The molecule has 1 heterocycles. The van der Waals surface area contributed by atoms with E-state index in [0.29, 0.717) is 5.78 Å². The second kappa shape index (κ2) is 2.94. The first-order valence-corrected chi connectivity index (χ1v) is 5.69. The van der Waals surface area contributed by atoms with Crippen LogP contribution in [-0.4, -0.2) is 15.6 Å². The summed E-state index contributed by atoms with van der Waals surface area (Å²) in [6.07, 6.45) is 5.39. The Morgan fingerprint density at radius 2 is 2.07 bits per heavy atom. The van der Waals surface area contributed by atoms with E-state index in [-0.39, 0.29) is 5.92 Å². The van der Waals surface area contributed by atoms with Crippen LogP contribution in [0, 0.1) is 24.7 Å². The molecule has 0 saturated heterocycles. The van der Waals surface area contributed by atoms with Crippen LogP contribution in [0.2, 0.25) is 0 Å². The molecule has 80 valence electrons. The molecule has 3 heteroatoms. The van der Waals surface area contributed by atoms with Gasteiger partial charge in [-0.15, -0.1) is 0 Å². The van der Waals surface area contributed by atoms with Crippen molar-refractivity contribution < 1.29 is 4.79 Å². The first-order valence-electron chi connectivity index (χ1n) is 5.69. The standard InChI is InChI=1S/C12H16N2O/c1-7-6-13-14(2)11(7)12(15)10-4-8-3-9(8)5-10/h6,8-10H,3-5H2,1-2H3. The van der Waals surface area contributed by atoms with Crippen molar-refractivity contribution in [3.8, 4) is 0 Å². The van der Waals surface area contributed by atoms with Gasteiger partial charge in [0, 0.05) is 13.0 Å². The fraction of sp³-hybridized carbons (Fsp3) is 0.667. The van der Waals surface area contributed by atoms with Crippen LogP contribution >= 0.6 is 0 Å². The fourth-order valence-corrected chi connectivity index (χ4v) is 3.02. The Morgan fingerprint density at radius 3 is 2.60 bits per heavy atom. The lowest BCUT2D eigenvalue weighted by Gasteiger charge is -2.11. The predicted octanol–water partition coefficient (Wildman–Crippen LogP) is 1.96. The summed E-state index contributed by atoms with van der Waals surface area (Å²) in [5.41, 5.74) is 1.84. The predicted molar refractivity (Wildman–Crippen MR) is 56.6 cm³/mol. The van der Waals surface area contributed by atoms with E-state index in [0.717, 1.165) is 35.9 Å². The van der Waals surface area contributed by atoms with Crippen LogP contribution in [0.15, 0.2) is 6.20 Å². The van der Waals surface area contributed by atoms with E-state index in [1.807, 2.05) is 14.0 Å². The molecule has 1 aromatic rings. The summed E-state index contributed by atoms with van der Waals surface area (Å²) in [5.74, 6) is 2.34. The van der Waals surface area contributed by atoms with Gasteiger partial charge in [-0.3, -0.25) is 9.48 Å². The minimum absolute atomic E-state index is 0.280. The summed E-state index contributed by atoms with van der Waals surface area (Å²) in [4.78, 5) is 12.3. The molecule has 0 bridgehead atoms. The Kier molecular flexibility index (Phi) is 1.79. The highest BCUT2D eigenvalue weighted by Crippen LogP contribution is 2.54. The molecule has 0 aliphatic heterocycles. The van der Waals surface area contributed by atoms with Crippen molar-refractivity contribution in [3.63, 3.8) is 0 Å². The average Bonchev–Trinajstić information content (AvgIpc) is 2.66. The van der Waals surface area contributed by atoms with Crippen LogP contribution in [0.4, 0.5) is 0 Å². The SMILES string of the molecule is Cc1cnn(C)c1C(=O)C1CC2CC2C1. The Balaban J connectivity index is 1.85. The zero-order chi connectivity index (χ0) is 10.6. The highest BCUT2D eigenvalue weighted by Gasteiger charge is 2.48. The summed E-state index contributed by atoms with van der Waals surface area (Å²) in [7, 11) is 1.86. The minimum Gasteiger partial charge on any atom is -0.292 e. The van der Waals surface area contributed by atoms with Gasteiger partial charge < -0.3 is 0 Å². The first kappa shape index (κ1) is 9.13. The smallest absolute Gasteiger partial charge is 0.184 e. The van der Waals surface area contributed by atoms with E-state index in [9.17, 15) is 4.79 Å². The van der Waals surface area contributed by atoms with Gasteiger partial charge in [-0.05, 0) is 43.6 Å². The molecule has 3 nitrogen and oxygen atoms in total. The van der Waals surface area contributed by atoms with Crippen LogP contribution in [0.25, 0.3) is 0 Å². The van der Waals surface area contributed by atoms with Crippen molar-refractivity contribution >= 4 is 5.78 Å². The normalized spacial score (nSPS) is 32.8. The minimum atomic E-state index is 0.280. The number of hydrogen-bond donors (Lipinski definition) is 0. The summed E-state index contributed by atoms with van der Waals surface area (Å²) in [6, 6.07) is 0. The van der Waals surface area contributed by atoms with Crippen molar-refractivity contribution in [2.75, 3.05) is 0 Å². The summed E-state index contributed by atoms with van der Waals surface area (Å²) >= 11 is 0. The zero-order valence-corrected chi connectivity index (χ0v) is 9.23. The van der Waals surface area contributed by atoms with Crippen LogP contribution < -0.4 is 0 Å². The lowest BCUT2D eigenvalue weighted by molar-refractivity contribution is 0.0904. The number of aromatic nitrogens is 2. The van der Waals surface area contributed by atoms with E-state index >= 15 is 0 Å². The van der Waals surface area contributed by atoms with Crippen LogP contribution in [0.3, 0.4) is 0 Å². The zero-order valence-electron chi connectivity index (χ0n) is 9.23. The third-order valence-electron chi connectivity index (χ3n) is 3.97. The van der Waals surface area contributed by atoms with Crippen molar-refractivity contribution in [2.45, 2.75) is 26.2 Å². The van der Waals surface area contributed by atoms with Crippen LogP contribution in [-0.2, 0) is 7.05 Å². The Labute approximate surface area is 89.5 Å². The number of rotatable bonds is 2. The second-order valence-corrected chi connectivity index (χ2v) is 5.09. The quantitative estimate of drug-likeness (QED) is 0.690. The molecule has 2 atom stereocenters. The largest absolute Gasteiger partial charge is 0.292 e. The van der Waals surface area contributed by atoms with E-state index in [1.54, 1.807) is 10.9 Å².